The first-order valence-corrected chi connectivity index (χ1v) is 9.31. The van der Waals surface area contributed by atoms with Crippen LogP contribution in [-0.4, -0.2) is 37.1 Å². The molecule has 27 heavy (non-hydrogen) atoms. The molecule has 1 aromatic carbocycles. The number of carbonyl (C=O) groups is 1. The molecular formula is C19H14BrN5O2. The van der Waals surface area contributed by atoms with Gasteiger partial charge in [0.15, 0.2) is 11.3 Å². The molecule has 0 radical (unpaired) electrons. The fraction of sp³-hybridized carbons (Fsp3) is 0.158. The van der Waals surface area contributed by atoms with Gasteiger partial charge in [0.25, 0.3) is 5.91 Å². The Bertz CT molecular complexity index is 1150. The SMILES string of the molecule is O=C(c1cc2ncc(Br)cn2n1)N1CCc2onc(-c3ccccc3)c2C1. The molecule has 7 nitrogen and oxygen atoms in total. The third-order valence-corrected chi connectivity index (χ3v) is 5.07. The molecular weight excluding hydrogens is 410 g/mol. The number of halogens is 1. The van der Waals surface area contributed by atoms with Crippen LogP contribution in [0.15, 0.2) is 57.8 Å². The fourth-order valence-electron chi connectivity index (χ4n) is 3.33. The zero-order chi connectivity index (χ0) is 18.4. The number of aromatic nitrogens is 4. The molecule has 4 heterocycles. The number of hydrogen-bond donors (Lipinski definition) is 0. The predicted octanol–water partition coefficient (Wildman–Crippen LogP) is 3.35. The van der Waals surface area contributed by atoms with Crippen molar-refractivity contribution in [2.45, 2.75) is 13.0 Å². The number of carbonyl (C=O) groups excluding carboxylic acids is 1. The van der Waals surface area contributed by atoms with Crippen molar-refractivity contribution in [3.05, 3.63) is 70.3 Å². The second-order valence-corrected chi connectivity index (χ2v) is 7.30. The van der Waals surface area contributed by atoms with E-state index >= 15 is 0 Å². The second-order valence-electron chi connectivity index (χ2n) is 6.38. The highest BCUT2D eigenvalue weighted by Gasteiger charge is 2.29. The highest BCUT2D eigenvalue weighted by atomic mass is 79.9. The van der Waals surface area contributed by atoms with Crippen molar-refractivity contribution in [1.29, 1.82) is 0 Å². The van der Waals surface area contributed by atoms with Crippen LogP contribution in [0.5, 0.6) is 0 Å². The monoisotopic (exact) mass is 423 g/mol. The van der Waals surface area contributed by atoms with E-state index in [0.717, 1.165) is 27.1 Å². The Morgan fingerprint density at radius 1 is 1.22 bits per heavy atom. The Hall–Kier alpha value is -3.00. The van der Waals surface area contributed by atoms with E-state index in [-0.39, 0.29) is 5.91 Å². The average Bonchev–Trinajstić information content (AvgIpc) is 3.31. The zero-order valence-electron chi connectivity index (χ0n) is 14.2. The summed E-state index contributed by atoms with van der Waals surface area (Å²) < 4.78 is 7.91. The molecule has 0 aliphatic carbocycles. The van der Waals surface area contributed by atoms with Crippen LogP contribution in [-0.2, 0) is 13.0 Å². The predicted molar refractivity (Wildman–Crippen MR) is 101 cm³/mol. The van der Waals surface area contributed by atoms with Gasteiger partial charge in [-0.2, -0.15) is 5.10 Å². The van der Waals surface area contributed by atoms with Crippen LogP contribution in [0, 0.1) is 0 Å². The molecule has 0 fully saturated rings. The molecule has 134 valence electrons. The van der Waals surface area contributed by atoms with Crippen molar-refractivity contribution < 1.29 is 9.32 Å². The van der Waals surface area contributed by atoms with E-state index in [9.17, 15) is 4.79 Å². The van der Waals surface area contributed by atoms with Gasteiger partial charge in [-0.25, -0.2) is 9.50 Å². The van der Waals surface area contributed by atoms with E-state index in [0.29, 0.717) is 30.9 Å². The van der Waals surface area contributed by atoms with Crippen molar-refractivity contribution >= 4 is 27.5 Å². The summed E-state index contributed by atoms with van der Waals surface area (Å²) in [6.45, 7) is 1.02. The van der Waals surface area contributed by atoms with Crippen molar-refractivity contribution in [3.8, 4) is 11.3 Å². The minimum absolute atomic E-state index is 0.123. The Morgan fingerprint density at radius 2 is 2.07 bits per heavy atom. The Balaban J connectivity index is 1.46. The zero-order valence-corrected chi connectivity index (χ0v) is 15.8. The molecule has 8 heteroatoms. The minimum atomic E-state index is -0.123. The first kappa shape index (κ1) is 16.2. The molecule has 1 aliphatic rings. The molecule has 0 spiro atoms. The minimum Gasteiger partial charge on any atom is -0.360 e. The number of amides is 1. The summed E-state index contributed by atoms with van der Waals surface area (Å²) in [5, 5.41) is 8.60. The molecule has 0 bridgehead atoms. The van der Waals surface area contributed by atoms with Gasteiger partial charge in [-0.05, 0) is 15.9 Å². The molecule has 1 aliphatic heterocycles. The van der Waals surface area contributed by atoms with Gasteiger partial charge in [-0.15, -0.1) is 0 Å². The van der Waals surface area contributed by atoms with E-state index in [1.807, 2.05) is 30.3 Å². The summed E-state index contributed by atoms with van der Waals surface area (Å²) in [5.41, 5.74) is 3.75. The van der Waals surface area contributed by atoms with Crippen LogP contribution in [0.2, 0.25) is 0 Å². The molecule has 1 amide bonds. The normalized spacial score (nSPS) is 13.7. The van der Waals surface area contributed by atoms with Crippen molar-refractivity contribution in [1.82, 2.24) is 24.7 Å². The maximum atomic E-state index is 13.0. The molecule has 0 unspecified atom stereocenters. The maximum Gasteiger partial charge on any atom is 0.274 e. The van der Waals surface area contributed by atoms with E-state index in [4.69, 9.17) is 4.52 Å². The van der Waals surface area contributed by atoms with Crippen molar-refractivity contribution in [2.75, 3.05) is 6.54 Å². The standard InChI is InChI=1S/C19H14BrN5O2/c20-13-9-21-17-8-15(22-25(17)10-13)19(26)24-7-6-16-14(11-24)18(23-27-16)12-4-2-1-3-5-12/h1-5,8-10H,6-7,11H2. The van der Waals surface area contributed by atoms with Crippen LogP contribution >= 0.6 is 15.9 Å². The summed E-state index contributed by atoms with van der Waals surface area (Å²) in [7, 11) is 0. The van der Waals surface area contributed by atoms with E-state index in [2.05, 4.69) is 31.2 Å². The van der Waals surface area contributed by atoms with Crippen LogP contribution in [0.1, 0.15) is 21.8 Å². The van der Waals surface area contributed by atoms with Crippen LogP contribution in [0.25, 0.3) is 16.9 Å². The number of hydrogen-bond acceptors (Lipinski definition) is 5. The molecule has 3 aromatic heterocycles. The van der Waals surface area contributed by atoms with Crippen LogP contribution < -0.4 is 0 Å². The molecule has 4 aromatic rings. The summed E-state index contributed by atoms with van der Waals surface area (Å²) in [6, 6.07) is 11.6. The van der Waals surface area contributed by atoms with Gasteiger partial charge < -0.3 is 9.42 Å². The Morgan fingerprint density at radius 3 is 2.93 bits per heavy atom. The molecule has 5 rings (SSSR count). The van der Waals surface area contributed by atoms with Gasteiger partial charge >= 0.3 is 0 Å². The van der Waals surface area contributed by atoms with Crippen molar-refractivity contribution in [3.63, 3.8) is 0 Å². The summed E-state index contributed by atoms with van der Waals surface area (Å²) in [5.74, 6) is 0.723. The lowest BCUT2D eigenvalue weighted by Gasteiger charge is -2.25. The molecule has 0 N–H and O–H groups in total. The number of benzene rings is 1. The topological polar surface area (TPSA) is 76.5 Å². The molecule has 0 atom stereocenters. The lowest BCUT2D eigenvalue weighted by Crippen LogP contribution is -2.36. The van der Waals surface area contributed by atoms with Gasteiger partial charge in [0, 0.05) is 42.6 Å². The maximum absolute atomic E-state index is 13.0. The van der Waals surface area contributed by atoms with E-state index in [1.165, 1.54) is 0 Å². The summed E-state index contributed by atoms with van der Waals surface area (Å²) >= 11 is 3.36. The second kappa shape index (κ2) is 6.31. The van der Waals surface area contributed by atoms with Gasteiger partial charge in [0.1, 0.15) is 11.5 Å². The third-order valence-electron chi connectivity index (χ3n) is 4.66. The molecule has 0 saturated carbocycles. The number of fused-ring (bicyclic) bond motifs is 2. The van der Waals surface area contributed by atoms with Gasteiger partial charge in [-0.3, -0.25) is 4.79 Å². The summed E-state index contributed by atoms with van der Waals surface area (Å²) in [4.78, 5) is 19.0. The van der Waals surface area contributed by atoms with Gasteiger partial charge in [-0.1, -0.05) is 35.5 Å². The van der Waals surface area contributed by atoms with Gasteiger partial charge in [0.2, 0.25) is 0 Å². The quantitative estimate of drug-likeness (QED) is 0.494. The lowest BCUT2D eigenvalue weighted by atomic mass is 10.0. The smallest absolute Gasteiger partial charge is 0.274 e. The van der Waals surface area contributed by atoms with Crippen LogP contribution in [0.4, 0.5) is 0 Å². The summed E-state index contributed by atoms with van der Waals surface area (Å²) in [6.07, 6.45) is 4.10. The van der Waals surface area contributed by atoms with Crippen molar-refractivity contribution in [2.24, 2.45) is 0 Å². The van der Waals surface area contributed by atoms with E-state index in [1.54, 1.807) is 27.9 Å². The Kier molecular flexibility index (Phi) is 3.78. The highest BCUT2D eigenvalue weighted by Crippen LogP contribution is 2.30. The van der Waals surface area contributed by atoms with Gasteiger partial charge in [0.05, 0.1) is 11.0 Å². The first-order valence-electron chi connectivity index (χ1n) is 8.52. The average molecular weight is 424 g/mol. The first-order chi connectivity index (χ1) is 13.2. The Labute approximate surface area is 162 Å². The van der Waals surface area contributed by atoms with E-state index < -0.39 is 0 Å². The van der Waals surface area contributed by atoms with Crippen LogP contribution in [0.3, 0.4) is 0 Å². The lowest BCUT2D eigenvalue weighted by molar-refractivity contribution is 0.0723. The fourth-order valence-corrected chi connectivity index (χ4v) is 3.62. The largest absolute Gasteiger partial charge is 0.360 e. The molecule has 0 saturated heterocycles. The number of nitrogens with zero attached hydrogens (tertiary/aromatic N) is 5. The third kappa shape index (κ3) is 2.82. The highest BCUT2D eigenvalue weighted by molar-refractivity contribution is 9.10. The number of rotatable bonds is 2.